The fraction of sp³-hybridized carbons (Fsp3) is 0.625. The van der Waals surface area contributed by atoms with Crippen molar-refractivity contribution in [3.05, 3.63) is 24.2 Å². The minimum absolute atomic E-state index is 0.00910. The van der Waals surface area contributed by atoms with Gasteiger partial charge in [0.05, 0.1) is 18.4 Å². The molecule has 0 unspecified atom stereocenters. The summed E-state index contributed by atoms with van der Waals surface area (Å²) in [5, 5.41) is 5.63. The topological polar surface area (TPSA) is 71.3 Å². The van der Waals surface area contributed by atoms with Crippen LogP contribution in [0.3, 0.4) is 0 Å². The zero-order valence-corrected chi connectivity index (χ0v) is 12.3. The van der Waals surface area contributed by atoms with Crippen LogP contribution in [0.25, 0.3) is 0 Å². The molecule has 5 heteroatoms. The molecule has 3 rings (SSSR count). The Hall–Kier alpha value is -1.78. The molecular weight excluding hydrogens is 268 g/mol. The zero-order chi connectivity index (χ0) is 14.8. The number of hydrogen-bond acceptors (Lipinski definition) is 3. The van der Waals surface area contributed by atoms with E-state index in [0.29, 0.717) is 11.5 Å². The van der Waals surface area contributed by atoms with Crippen molar-refractivity contribution in [1.82, 2.24) is 10.6 Å². The lowest BCUT2D eigenvalue weighted by Crippen LogP contribution is -2.44. The molecule has 1 heterocycles. The first kappa shape index (κ1) is 14.2. The predicted octanol–water partition coefficient (Wildman–Crippen LogP) is 1.95. The van der Waals surface area contributed by atoms with Crippen LogP contribution in [0.5, 0.6) is 0 Å². The molecule has 21 heavy (non-hydrogen) atoms. The van der Waals surface area contributed by atoms with E-state index in [1.807, 2.05) is 0 Å². The molecule has 5 nitrogen and oxygen atoms in total. The van der Waals surface area contributed by atoms with Gasteiger partial charge in [-0.05, 0) is 50.0 Å². The summed E-state index contributed by atoms with van der Waals surface area (Å²) in [5.41, 5.74) is 0.434. The number of rotatable bonds is 5. The first-order chi connectivity index (χ1) is 10.1. The van der Waals surface area contributed by atoms with Gasteiger partial charge in [0.2, 0.25) is 5.91 Å². The first-order valence-electron chi connectivity index (χ1n) is 7.73. The Kier molecular flexibility index (Phi) is 3.99. The fourth-order valence-electron chi connectivity index (χ4n) is 3.97. The summed E-state index contributed by atoms with van der Waals surface area (Å²) < 4.78 is 4.84. The zero-order valence-electron chi connectivity index (χ0n) is 12.3. The molecule has 0 aromatic carbocycles. The molecule has 2 saturated carbocycles. The molecule has 1 aromatic rings. The Labute approximate surface area is 124 Å². The van der Waals surface area contributed by atoms with Crippen molar-refractivity contribution in [3.8, 4) is 0 Å². The highest BCUT2D eigenvalue weighted by atomic mass is 16.3. The van der Waals surface area contributed by atoms with Gasteiger partial charge in [0, 0.05) is 6.04 Å². The Balaban J connectivity index is 1.43. The molecule has 0 radical (unpaired) electrons. The molecule has 2 aliphatic carbocycles. The van der Waals surface area contributed by atoms with Gasteiger partial charge in [0.1, 0.15) is 6.26 Å². The molecule has 0 aliphatic heterocycles. The summed E-state index contributed by atoms with van der Waals surface area (Å²) in [6, 6.07) is 1.77. The normalized spacial score (nSPS) is 28.3. The predicted molar refractivity (Wildman–Crippen MR) is 77.6 cm³/mol. The molecule has 0 spiro atoms. The smallest absolute Gasteiger partial charge is 0.254 e. The van der Waals surface area contributed by atoms with E-state index in [4.69, 9.17) is 4.42 Å². The molecule has 2 N–H and O–H groups in total. The van der Waals surface area contributed by atoms with E-state index in [1.54, 1.807) is 6.07 Å². The van der Waals surface area contributed by atoms with Crippen molar-refractivity contribution in [2.45, 2.75) is 38.6 Å². The lowest BCUT2D eigenvalue weighted by Gasteiger charge is -2.28. The second-order valence-electron chi connectivity index (χ2n) is 6.39. The van der Waals surface area contributed by atoms with Crippen LogP contribution < -0.4 is 10.6 Å². The molecule has 1 aromatic heterocycles. The first-order valence-corrected chi connectivity index (χ1v) is 7.73. The van der Waals surface area contributed by atoms with Crippen molar-refractivity contribution >= 4 is 11.8 Å². The van der Waals surface area contributed by atoms with Gasteiger partial charge in [0.15, 0.2) is 0 Å². The highest BCUT2D eigenvalue weighted by Gasteiger charge is 2.42. The monoisotopic (exact) mass is 290 g/mol. The second kappa shape index (κ2) is 5.92. The second-order valence-corrected chi connectivity index (χ2v) is 6.39. The molecular formula is C16H22N2O3. The Morgan fingerprint density at radius 3 is 2.86 bits per heavy atom. The van der Waals surface area contributed by atoms with Crippen molar-refractivity contribution in [2.24, 2.45) is 17.8 Å². The number of fused-ring (bicyclic) bond motifs is 2. The molecule has 114 valence electrons. The van der Waals surface area contributed by atoms with Crippen molar-refractivity contribution in [2.75, 3.05) is 6.54 Å². The van der Waals surface area contributed by atoms with E-state index < -0.39 is 0 Å². The summed E-state index contributed by atoms with van der Waals surface area (Å²) in [4.78, 5) is 23.6. The van der Waals surface area contributed by atoms with Gasteiger partial charge in [-0.25, -0.2) is 0 Å². The van der Waals surface area contributed by atoms with E-state index >= 15 is 0 Å². The van der Waals surface area contributed by atoms with Gasteiger partial charge in [-0.1, -0.05) is 6.42 Å². The number of carbonyl (C=O) groups is 2. The summed E-state index contributed by atoms with van der Waals surface area (Å²) >= 11 is 0. The summed E-state index contributed by atoms with van der Waals surface area (Å²) in [5.74, 6) is 1.86. The number of amides is 2. The van der Waals surface area contributed by atoms with Gasteiger partial charge in [0.25, 0.3) is 5.91 Å². The summed E-state index contributed by atoms with van der Waals surface area (Å²) in [6.45, 7) is 2.09. The Morgan fingerprint density at radius 1 is 1.38 bits per heavy atom. The van der Waals surface area contributed by atoms with Gasteiger partial charge in [-0.3, -0.25) is 9.59 Å². The third-order valence-corrected chi connectivity index (χ3v) is 5.02. The van der Waals surface area contributed by atoms with Crippen LogP contribution in [-0.2, 0) is 4.79 Å². The maximum absolute atomic E-state index is 11.9. The van der Waals surface area contributed by atoms with E-state index in [2.05, 4.69) is 17.6 Å². The largest absolute Gasteiger partial charge is 0.472 e. The highest BCUT2D eigenvalue weighted by molar-refractivity contribution is 5.96. The lowest BCUT2D eigenvalue weighted by molar-refractivity contribution is -0.121. The quantitative estimate of drug-likeness (QED) is 0.870. The van der Waals surface area contributed by atoms with Gasteiger partial charge in [-0.2, -0.15) is 0 Å². The van der Waals surface area contributed by atoms with Crippen LogP contribution in [0.4, 0.5) is 0 Å². The number of furan rings is 1. The van der Waals surface area contributed by atoms with Crippen molar-refractivity contribution in [1.29, 1.82) is 0 Å². The third-order valence-electron chi connectivity index (χ3n) is 5.02. The van der Waals surface area contributed by atoms with Crippen LogP contribution in [0.15, 0.2) is 23.0 Å². The number of carbonyl (C=O) groups excluding carboxylic acids is 2. The lowest BCUT2D eigenvalue weighted by atomic mass is 9.84. The van der Waals surface area contributed by atoms with Crippen LogP contribution in [0.2, 0.25) is 0 Å². The summed E-state index contributed by atoms with van der Waals surface area (Å²) in [6.07, 6.45) is 8.06. The third kappa shape index (κ3) is 3.12. The van der Waals surface area contributed by atoms with Gasteiger partial charge >= 0.3 is 0 Å². The molecule has 4 atom stereocenters. The molecule has 2 aliphatic rings. The molecule has 2 bridgehead atoms. The maximum atomic E-state index is 11.9. The highest BCUT2D eigenvalue weighted by Crippen LogP contribution is 2.49. The fourth-order valence-corrected chi connectivity index (χ4v) is 3.97. The van der Waals surface area contributed by atoms with E-state index in [9.17, 15) is 9.59 Å². The average Bonchev–Trinajstić information content (AvgIpc) is 3.20. The number of nitrogens with one attached hydrogen (secondary N) is 2. The Bertz CT molecular complexity index is 512. The summed E-state index contributed by atoms with van der Waals surface area (Å²) in [7, 11) is 0. The average molecular weight is 290 g/mol. The van der Waals surface area contributed by atoms with E-state index in [1.165, 1.54) is 38.2 Å². The minimum Gasteiger partial charge on any atom is -0.472 e. The van der Waals surface area contributed by atoms with Gasteiger partial charge < -0.3 is 15.1 Å². The SMILES string of the molecule is C[C@@H](NC(=O)CNC(=O)c1ccoc1)[C@@H]1C[C@H]2CC[C@H]1C2. The van der Waals surface area contributed by atoms with Crippen molar-refractivity contribution < 1.29 is 14.0 Å². The van der Waals surface area contributed by atoms with Crippen LogP contribution in [0, 0.1) is 17.8 Å². The van der Waals surface area contributed by atoms with Crippen LogP contribution in [-0.4, -0.2) is 24.4 Å². The van der Waals surface area contributed by atoms with Crippen LogP contribution in [0.1, 0.15) is 43.0 Å². The molecule has 0 saturated heterocycles. The molecule has 2 fully saturated rings. The standard InChI is InChI=1S/C16H22N2O3/c1-10(14-7-11-2-3-12(14)6-11)18-15(19)8-17-16(20)13-4-5-21-9-13/h4-5,9-12,14H,2-3,6-8H2,1H3,(H,17,20)(H,18,19)/t10-,11+,12+,14+/m1/s1. The maximum Gasteiger partial charge on any atom is 0.254 e. The van der Waals surface area contributed by atoms with Crippen LogP contribution >= 0.6 is 0 Å². The van der Waals surface area contributed by atoms with E-state index in [-0.39, 0.29) is 24.4 Å². The van der Waals surface area contributed by atoms with Gasteiger partial charge in [-0.15, -0.1) is 0 Å². The molecule has 2 amide bonds. The minimum atomic E-state index is -0.286. The number of hydrogen-bond donors (Lipinski definition) is 2. The van der Waals surface area contributed by atoms with E-state index in [0.717, 1.165) is 11.8 Å². The Morgan fingerprint density at radius 2 is 2.24 bits per heavy atom. The van der Waals surface area contributed by atoms with Crippen molar-refractivity contribution in [3.63, 3.8) is 0 Å².